The Bertz CT molecular complexity index is 346. The lowest BCUT2D eigenvalue weighted by Crippen LogP contribution is -1.77. The van der Waals surface area contributed by atoms with Crippen molar-refractivity contribution in [2.75, 3.05) is 0 Å². The Balaban J connectivity index is 2.89. The first kappa shape index (κ1) is 9.67. The number of nitrogens with zero attached hydrogens (tertiary/aromatic N) is 3. The van der Waals surface area contributed by atoms with Crippen molar-refractivity contribution >= 4 is 23.6 Å². The molecule has 1 aromatic rings. The molecule has 2 N–H and O–H groups in total. The maximum absolute atomic E-state index is 5.76. The van der Waals surface area contributed by atoms with Crippen LogP contribution in [0.5, 0.6) is 0 Å². The molecule has 0 fully saturated rings. The van der Waals surface area contributed by atoms with E-state index in [0.717, 1.165) is 11.3 Å². The van der Waals surface area contributed by atoms with Gasteiger partial charge < -0.3 is 5.84 Å². The molecule has 0 radical (unpaired) electrons. The first-order chi connectivity index (χ1) is 6.24. The number of aliphatic imine (C=N–C) groups is 1. The van der Waals surface area contributed by atoms with Crippen molar-refractivity contribution in [2.45, 2.75) is 6.92 Å². The average molecular weight is 197 g/mol. The molecular weight excluding hydrogens is 188 g/mol. The Morgan fingerprint density at radius 2 is 2.23 bits per heavy atom. The topological polar surface area (TPSA) is 63.1 Å². The van der Waals surface area contributed by atoms with E-state index in [2.05, 4.69) is 15.3 Å². The third-order valence-corrected chi connectivity index (χ3v) is 1.71. The summed E-state index contributed by atoms with van der Waals surface area (Å²) >= 11 is 5.76. The van der Waals surface area contributed by atoms with Crippen LogP contribution in [0.15, 0.2) is 33.5 Å². The number of halogens is 1. The van der Waals surface area contributed by atoms with Crippen LogP contribution in [0.1, 0.15) is 5.56 Å². The highest BCUT2D eigenvalue weighted by molar-refractivity contribution is 6.30. The van der Waals surface area contributed by atoms with Crippen LogP contribution in [0.4, 0.5) is 5.69 Å². The highest BCUT2D eigenvalue weighted by atomic mass is 35.5. The van der Waals surface area contributed by atoms with Gasteiger partial charge in [0.05, 0.1) is 5.69 Å². The molecule has 0 spiro atoms. The standard InChI is InChI=1S/C8H9ClN4/c1-6-4-7(9)2-3-8(6)11-5-12-13-10/h2-5H,1H3,(H2,10,11,12). The highest BCUT2D eigenvalue weighted by Crippen LogP contribution is 2.21. The summed E-state index contributed by atoms with van der Waals surface area (Å²) in [5.41, 5.74) is 1.78. The lowest BCUT2D eigenvalue weighted by molar-refractivity contribution is 1.09. The summed E-state index contributed by atoms with van der Waals surface area (Å²) in [6.07, 6.45) is 1.29. The zero-order valence-corrected chi connectivity index (χ0v) is 7.86. The molecule has 0 aliphatic heterocycles. The predicted octanol–water partition coefficient (Wildman–Crippen LogP) is 2.63. The molecule has 0 heterocycles. The summed E-state index contributed by atoms with van der Waals surface area (Å²) in [6.45, 7) is 1.91. The van der Waals surface area contributed by atoms with Crippen LogP contribution in [-0.4, -0.2) is 6.34 Å². The number of hydrogen-bond donors (Lipinski definition) is 1. The van der Waals surface area contributed by atoms with Crippen LogP contribution < -0.4 is 5.84 Å². The lowest BCUT2D eigenvalue weighted by atomic mass is 10.2. The molecule has 0 aromatic heterocycles. The first-order valence-corrected chi connectivity index (χ1v) is 4.00. The molecule has 4 nitrogen and oxygen atoms in total. The van der Waals surface area contributed by atoms with Crippen LogP contribution in [0.25, 0.3) is 0 Å². The van der Waals surface area contributed by atoms with Crippen molar-refractivity contribution < 1.29 is 0 Å². The van der Waals surface area contributed by atoms with E-state index in [0.29, 0.717) is 5.02 Å². The van der Waals surface area contributed by atoms with Gasteiger partial charge in [0.1, 0.15) is 6.34 Å². The minimum Gasteiger partial charge on any atom is -0.305 e. The van der Waals surface area contributed by atoms with Crippen molar-refractivity contribution in [3.8, 4) is 0 Å². The molecule has 0 atom stereocenters. The average Bonchev–Trinajstić information content (AvgIpc) is 2.09. The second kappa shape index (κ2) is 4.57. The zero-order valence-electron chi connectivity index (χ0n) is 7.11. The van der Waals surface area contributed by atoms with Crippen molar-refractivity contribution in [3.63, 3.8) is 0 Å². The summed E-state index contributed by atoms with van der Waals surface area (Å²) in [4.78, 5) is 4.01. The third-order valence-electron chi connectivity index (χ3n) is 1.47. The molecule has 0 saturated heterocycles. The van der Waals surface area contributed by atoms with Crippen molar-refractivity contribution in [1.82, 2.24) is 0 Å². The third kappa shape index (κ3) is 2.83. The van der Waals surface area contributed by atoms with Gasteiger partial charge in [-0.3, -0.25) is 0 Å². The molecule has 1 aromatic carbocycles. The highest BCUT2D eigenvalue weighted by Gasteiger charge is 1.95. The fraction of sp³-hybridized carbons (Fsp3) is 0.125. The van der Waals surface area contributed by atoms with Gasteiger partial charge in [-0.05, 0) is 30.7 Å². The van der Waals surface area contributed by atoms with E-state index in [9.17, 15) is 0 Å². The summed E-state index contributed by atoms with van der Waals surface area (Å²) in [5, 5.41) is 7.15. The number of aryl methyl sites for hydroxylation is 1. The first-order valence-electron chi connectivity index (χ1n) is 3.63. The van der Waals surface area contributed by atoms with E-state index in [1.54, 1.807) is 12.1 Å². The fourth-order valence-corrected chi connectivity index (χ4v) is 1.11. The fourth-order valence-electron chi connectivity index (χ4n) is 0.882. The second-order valence-electron chi connectivity index (χ2n) is 2.41. The van der Waals surface area contributed by atoms with E-state index in [1.165, 1.54) is 6.34 Å². The van der Waals surface area contributed by atoms with Crippen LogP contribution in [-0.2, 0) is 0 Å². The molecule has 0 bridgehead atoms. The molecule has 0 aliphatic carbocycles. The molecule has 0 amide bonds. The lowest BCUT2D eigenvalue weighted by Gasteiger charge is -1.98. The van der Waals surface area contributed by atoms with Crippen molar-refractivity contribution in [2.24, 2.45) is 21.2 Å². The van der Waals surface area contributed by atoms with Gasteiger partial charge in [0.25, 0.3) is 0 Å². The van der Waals surface area contributed by atoms with Gasteiger partial charge in [-0.25, -0.2) is 4.99 Å². The Kier molecular flexibility index (Phi) is 3.40. The van der Waals surface area contributed by atoms with Crippen LogP contribution in [0, 0.1) is 6.92 Å². The Morgan fingerprint density at radius 1 is 1.46 bits per heavy atom. The summed E-state index contributed by atoms with van der Waals surface area (Å²) in [6, 6.07) is 5.40. The Morgan fingerprint density at radius 3 is 2.85 bits per heavy atom. The number of rotatable bonds is 2. The number of hydrogen-bond acceptors (Lipinski definition) is 2. The Labute approximate surface area is 81.1 Å². The molecule has 0 aliphatic rings. The van der Waals surface area contributed by atoms with Crippen molar-refractivity contribution in [1.29, 1.82) is 0 Å². The predicted molar refractivity (Wildman–Crippen MR) is 53.4 cm³/mol. The van der Waals surface area contributed by atoms with E-state index in [1.807, 2.05) is 13.0 Å². The molecule has 0 saturated carbocycles. The smallest absolute Gasteiger partial charge is 0.140 e. The van der Waals surface area contributed by atoms with Gasteiger partial charge in [-0.2, -0.15) is 0 Å². The van der Waals surface area contributed by atoms with Gasteiger partial charge in [0, 0.05) is 5.02 Å². The summed E-state index contributed by atoms with van der Waals surface area (Å²) < 4.78 is 0. The molecule has 5 heteroatoms. The summed E-state index contributed by atoms with van der Waals surface area (Å²) in [5.74, 6) is 4.80. The van der Waals surface area contributed by atoms with E-state index in [4.69, 9.17) is 17.4 Å². The second-order valence-corrected chi connectivity index (χ2v) is 2.84. The van der Waals surface area contributed by atoms with Gasteiger partial charge in [0.15, 0.2) is 0 Å². The minimum atomic E-state index is 0.692. The number of benzene rings is 1. The maximum atomic E-state index is 5.76. The SMILES string of the molecule is Cc1cc(Cl)ccc1N=CN=NN. The maximum Gasteiger partial charge on any atom is 0.140 e. The monoisotopic (exact) mass is 196 g/mol. The van der Waals surface area contributed by atoms with E-state index >= 15 is 0 Å². The van der Waals surface area contributed by atoms with Crippen molar-refractivity contribution in [3.05, 3.63) is 28.8 Å². The van der Waals surface area contributed by atoms with E-state index in [-0.39, 0.29) is 0 Å². The number of nitrogens with two attached hydrogens (primary N) is 1. The van der Waals surface area contributed by atoms with E-state index < -0.39 is 0 Å². The molecule has 1 rings (SSSR count). The minimum absolute atomic E-state index is 0.692. The summed E-state index contributed by atoms with van der Waals surface area (Å²) in [7, 11) is 0. The zero-order chi connectivity index (χ0) is 9.68. The van der Waals surface area contributed by atoms with Gasteiger partial charge in [0.2, 0.25) is 0 Å². The molecule has 68 valence electrons. The normalized spacial score (nSPS) is 11.5. The van der Waals surface area contributed by atoms with Gasteiger partial charge >= 0.3 is 0 Å². The van der Waals surface area contributed by atoms with Gasteiger partial charge in [-0.15, -0.1) is 5.11 Å². The van der Waals surface area contributed by atoms with Gasteiger partial charge in [-0.1, -0.05) is 16.8 Å². The quantitative estimate of drug-likeness (QED) is 0.255. The molecule has 0 unspecified atom stereocenters. The largest absolute Gasteiger partial charge is 0.305 e. The Hall–Kier alpha value is -1.42. The van der Waals surface area contributed by atoms with Crippen LogP contribution in [0.2, 0.25) is 5.02 Å². The molecular formula is C8H9ClN4. The van der Waals surface area contributed by atoms with Crippen LogP contribution >= 0.6 is 11.6 Å². The molecule has 13 heavy (non-hydrogen) atoms. The van der Waals surface area contributed by atoms with Crippen LogP contribution in [0.3, 0.4) is 0 Å².